The zero-order chi connectivity index (χ0) is 12.3. The summed E-state index contributed by atoms with van der Waals surface area (Å²) in [4.78, 5) is 1.98. The van der Waals surface area contributed by atoms with E-state index in [4.69, 9.17) is 12.2 Å². The molecular formula is C9H17NO3S3. The van der Waals surface area contributed by atoms with Crippen molar-refractivity contribution in [2.24, 2.45) is 0 Å². The number of aliphatic hydroxyl groups is 1. The molecule has 0 aliphatic carbocycles. The Kier molecular flexibility index (Phi) is 5.03. The van der Waals surface area contributed by atoms with E-state index >= 15 is 0 Å². The first-order valence-electron chi connectivity index (χ1n) is 5.23. The van der Waals surface area contributed by atoms with Gasteiger partial charge in [0.1, 0.15) is 4.32 Å². The molecule has 0 bridgehead atoms. The first-order chi connectivity index (χ1) is 7.39. The summed E-state index contributed by atoms with van der Waals surface area (Å²) < 4.78 is 23.3. The largest absolute Gasteiger partial charge is 0.391 e. The average Bonchev–Trinajstić information content (AvgIpc) is 2.41. The quantitative estimate of drug-likeness (QED) is 0.762. The fraction of sp³-hybridized carbons (Fsp3) is 0.889. The standard InChI is InChI=1S/C9H17NO3S3/c1-3-10(4-2)9(14)15-8-6-16(12,13)5-7(8)11/h7-8,11H,3-6H2,1-2H3/t7-,8-/m1/s1. The highest BCUT2D eigenvalue weighted by Gasteiger charge is 2.37. The summed E-state index contributed by atoms with van der Waals surface area (Å²) in [6.45, 7) is 5.60. The Morgan fingerprint density at radius 2 is 2.00 bits per heavy atom. The van der Waals surface area contributed by atoms with Crippen LogP contribution >= 0.6 is 24.0 Å². The van der Waals surface area contributed by atoms with Crippen molar-refractivity contribution < 1.29 is 13.5 Å². The molecule has 1 aliphatic heterocycles. The summed E-state index contributed by atoms with van der Waals surface area (Å²) >= 11 is 6.52. The molecule has 0 aromatic heterocycles. The maximum Gasteiger partial charge on any atom is 0.154 e. The van der Waals surface area contributed by atoms with E-state index in [1.165, 1.54) is 11.8 Å². The second-order valence-corrected chi connectivity index (χ2v) is 7.77. The Balaban J connectivity index is 2.59. The third kappa shape index (κ3) is 3.58. The van der Waals surface area contributed by atoms with Crippen molar-refractivity contribution in [3.05, 3.63) is 0 Å². The van der Waals surface area contributed by atoms with E-state index in [1.807, 2.05) is 18.7 Å². The molecule has 1 aliphatic rings. The molecule has 1 heterocycles. The van der Waals surface area contributed by atoms with Gasteiger partial charge in [0.15, 0.2) is 9.84 Å². The minimum absolute atomic E-state index is 0.0280. The smallest absolute Gasteiger partial charge is 0.154 e. The lowest BCUT2D eigenvalue weighted by molar-refractivity contribution is 0.208. The fourth-order valence-corrected chi connectivity index (χ4v) is 5.77. The van der Waals surface area contributed by atoms with Gasteiger partial charge in [-0.15, -0.1) is 0 Å². The molecule has 1 saturated heterocycles. The van der Waals surface area contributed by atoms with Crippen molar-refractivity contribution in [3.8, 4) is 0 Å². The van der Waals surface area contributed by atoms with Gasteiger partial charge >= 0.3 is 0 Å². The highest BCUT2D eigenvalue weighted by Crippen LogP contribution is 2.27. The second-order valence-electron chi connectivity index (χ2n) is 3.74. The third-order valence-electron chi connectivity index (χ3n) is 2.55. The minimum atomic E-state index is -3.08. The normalized spacial score (nSPS) is 27.9. The van der Waals surface area contributed by atoms with Gasteiger partial charge in [-0.2, -0.15) is 0 Å². The highest BCUT2D eigenvalue weighted by atomic mass is 32.2. The van der Waals surface area contributed by atoms with Gasteiger partial charge < -0.3 is 10.0 Å². The number of thioether (sulfide) groups is 1. The third-order valence-corrected chi connectivity index (χ3v) is 6.26. The lowest BCUT2D eigenvalue weighted by Crippen LogP contribution is -2.31. The van der Waals surface area contributed by atoms with Crippen LogP contribution in [0, 0.1) is 0 Å². The van der Waals surface area contributed by atoms with E-state index in [-0.39, 0.29) is 16.8 Å². The van der Waals surface area contributed by atoms with Gasteiger partial charge in [0.2, 0.25) is 0 Å². The summed E-state index contributed by atoms with van der Waals surface area (Å²) in [5, 5.41) is 9.32. The molecular weight excluding hydrogens is 266 g/mol. The van der Waals surface area contributed by atoms with Crippen molar-refractivity contribution in [1.82, 2.24) is 4.90 Å². The van der Waals surface area contributed by atoms with E-state index in [1.54, 1.807) is 0 Å². The van der Waals surface area contributed by atoms with Crippen LogP contribution in [-0.2, 0) is 9.84 Å². The van der Waals surface area contributed by atoms with Gasteiger partial charge in [0.05, 0.1) is 22.9 Å². The van der Waals surface area contributed by atoms with Crippen LogP contribution in [0.5, 0.6) is 0 Å². The lowest BCUT2D eigenvalue weighted by atomic mass is 10.3. The monoisotopic (exact) mass is 283 g/mol. The van der Waals surface area contributed by atoms with Crippen LogP contribution in [0.4, 0.5) is 0 Å². The summed E-state index contributed by atoms with van der Waals surface area (Å²) in [5.41, 5.74) is 0. The predicted molar refractivity (Wildman–Crippen MR) is 71.6 cm³/mol. The zero-order valence-electron chi connectivity index (χ0n) is 9.42. The van der Waals surface area contributed by atoms with Crippen molar-refractivity contribution in [2.45, 2.75) is 25.2 Å². The first-order valence-corrected chi connectivity index (χ1v) is 8.34. The van der Waals surface area contributed by atoms with Gasteiger partial charge in [-0.25, -0.2) is 8.42 Å². The lowest BCUT2D eigenvalue weighted by Gasteiger charge is -2.23. The van der Waals surface area contributed by atoms with Crippen molar-refractivity contribution in [1.29, 1.82) is 0 Å². The summed E-state index contributed by atoms with van der Waals surface area (Å²) in [6.07, 6.45) is -0.788. The maximum absolute atomic E-state index is 11.3. The molecule has 0 radical (unpaired) electrons. The van der Waals surface area contributed by atoms with Crippen LogP contribution < -0.4 is 0 Å². The molecule has 0 spiro atoms. The Bertz CT molecular complexity index is 351. The van der Waals surface area contributed by atoms with Crippen LogP contribution in [0.15, 0.2) is 0 Å². The van der Waals surface area contributed by atoms with Crippen LogP contribution in [-0.4, -0.2) is 58.7 Å². The zero-order valence-corrected chi connectivity index (χ0v) is 11.9. The number of aliphatic hydroxyl groups excluding tert-OH is 1. The number of nitrogens with zero attached hydrogens (tertiary/aromatic N) is 1. The first kappa shape index (κ1) is 14.2. The minimum Gasteiger partial charge on any atom is -0.391 e. The van der Waals surface area contributed by atoms with Gasteiger partial charge in [-0.1, -0.05) is 24.0 Å². The topological polar surface area (TPSA) is 57.6 Å². The van der Waals surface area contributed by atoms with Crippen molar-refractivity contribution in [3.63, 3.8) is 0 Å². The molecule has 1 fully saturated rings. The molecule has 0 amide bonds. The Hall–Kier alpha value is 0.150. The summed E-state index contributed by atoms with van der Waals surface area (Å²) in [5.74, 6) is -0.105. The molecule has 1 rings (SSSR count). The van der Waals surface area contributed by atoms with Crippen LogP contribution in [0.25, 0.3) is 0 Å². The molecule has 4 nitrogen and oxygen atoms in total. The van der Waals surface area contributed by atoms with Gasteiger partial charge in [0.25, 0.3) is 0 Å². The van der Waals surface area contributed by atoms with Crippen LogP contribution in [0.1, 0.15) is 13.8 Å². The number of rotatable bonds is 3. The van der Waals surface area contributed by atoms with Crippen molar-refractivity contribution >= 4 is 38.1 Å². The van der Waals surface area contributed by atoms with Gasteiger partial charge in [0, 0.05) is 13.1 Å². The number of hydrogen-bond acceptors (Lipinski definition) is 5. The predicted octanol–water partition coefficient (Wildman–Crippen LogP) is 0.504. The molecule has 2 atom stereocenters. The molecule has 0 aromatic carbocycles. The number of hydrogen-bond donors (Lipinski definition) is 1. The van der Waals surface area contributed by atoms with E-state index in [0.717, 1.165) is 13.1 Å². The maximum atomic E-state index is 11.3. The molecule has 94 valence electrons. The average molecular weight is 283 g/mol. The Morgan fingerprint density at radius 3 is 2.38 bits per heavy atom. The highest BCUT2D eigenvalue weighted by molar-refractivity contribution is 8.23. The fourth-order valence-electron chi connectivity index (χ4n) is 1.60. The van der Waals surface area contributed by atoms with E-state index in [2.05, 4.69) is 0 Å². The Morgan fingerprint density at radius 1 is 1.44 bits per heavy atom. The SMILES string of the molecule is CCN(CC)C(=S)S[C@@H]1CS(=O)(=O)C[C@H]1O. The molecule has 16 heavy (non-hydrogen) atoms. The summed E-state index contributed by atoms with van der Waals surface area (Å²) in [7, 11) is -3.08. The van der Waals surface area contributed by atoms with Gasteiger partial charge in [-0.05, 0) is 13.8 Å². The van der Waals surface area contributed by atoms with E-state index in [0.29, 0.717) is 4.32 Å². The van der Waals surface area contributed by atoms with E-state index < -0.39 is 15.9 Å². The number of sulfone groups is 1. The molecule has 0 saturated carbocycles. The number of thiocarbonyl (C=S) groups is 1. The van der Waals surface area contributed by atoms with Crippen molar-refractivity contribution in [2.75, 3.05) is 24.6 Å². The molecule has 0 aromatic rings. The Labute approximate surface area is 106 Å². The van der Waals surface area contributed by atoms with E-state index in [9.17, 15) is 13.5 Å². The van der Waals surface area contributed by atoms with Crippen LogP contribution in [0.3, 0.4) is 0 Å². The summed E-state index contributed by atoms with van der Waals surface area (Å²) in [6, 6.07) is 0. The second kappa shape index (κ2) is 5.66. The van der Waals surface area contributed by atoms with Gasteiger partial charge in [-0.3, -0.25) is 0 Å². The molecule has 7 heteroatoms. The van der Waals surface area contributed by atoms with Crippen LogP contribution in [0.2, 0.25) is 0 Å². The molecule has 1 N–H and O–H groups in total. The molecule has 0 unspecified atom stereocenters.